The fourth-order valence-corrected chi connectivity index (χ4v) is 6.22. The van der Waals surface area contributed by atoms with Gasteiger partial charge in [-0.15, -0.1) is 0 Å². The van der Waals surface area contributed by atoms with Crippen LogP contribution in [0.5, 0.6) is 0 Å². The maximum absolute atomic E-state index is 12.5. The van der Waals surface area contributed by atoms with Crippen LogP contribution in [-0.2, 0) is 32.7 Å². The molecule has 0 aromatic carbocycles. The highest BCUT2D eigenvalue weighted by Crippen LogP contribution is 2.43. The molecule has 0 bridgehead atoms. The molecule has 284 valence electrons. The van der Waals surface area contributed by atoms with Gasteiger partial charge in [-0.25, -0.2) is 4.57 Å². The minimum absolute atomic E-state index is 0.0554. The van der Waals surface area contributed by atoms with Gasteiger partial charge in [-0.3, -0.25) is 18.6 Å². The van der Waals surface area contributed by atoms with Crippen LogP contribution in [0.1, 0.15) is 187 Å². The van der Waals surface area contributed by atoms with Gasteiger partial charge >= 0.3 is 19.8 Å². The zero-order valence-corrected chi connectivity index (χ0v) is 31.9. The van der Waals surface area contributed by atoms with Gasteiger partial charge in [-0.1, -0.05) is 148 Å². The molecular weight excluding hydrogens is 629 g/mol. The van der Waals surface area contributed by atoms with Crippen LogP contribution in [0.3, 0.4) is 0 Å². The second-order valence-corrected chi connectivity index (χ2v) is 14.6. The normalized spacial score (nSPS) is 13.5. The Kier molecular flexibility index (Phi) is 34.6. The van der Waals surface area contributed by atoms with Crippen molar-refractivity contribution in [3.63, 3.8) is 0 Å². The van der Waals surface area contributed by atoms with Gasteiger partial charge in [0.2, 0.25) is 0 Å². The van der Waals surface area contributed by atoms with Crippen LogP contribution in [0.15, 0.2) is 12.2 Å². The molecule has 0 aromatic heterocycles. The summed E-state index contributed by atoms with van der Waals surface area (Å²) in [5, 5.41) is 0. The van der Waals surface area contributed by atoms with E-state index in [-0.39, 0.29) is 38.6 Å². The molecule has 0 saturated carbocycles. The first-order chi connectivity index (χ1) is 23.3. The number of esters is 2. The lowest BCUT2D eigenvalue weighted by atomic mass is 10.0. The Morgan fingerprint density at radius 2 is 1.02 bits per heavy atom. The Labute approximate surface area is 294 Å². The number of nitrogens with two attached hydrogens (primary N) is 1. The average Bonchev–Trinajstić information content (AvgIpc) is 3.07. The van der Waals surface area contributed by atoms with Crippen molar-refractivity contribution in [2.75, 3.05) is 26.4 Å². The SMILES string of the molecule is CCCCCC/C=C\CCCCCCCCCC(=O)OC[C@H](COP(=O)(O)OCCN)OC(=O)CCCCCCCCCCCCCC. The van der Waals surface area contributed by atoms with Gasteiger partial charge in [0.25, 0.3) is 0 Å². The molecule has 0 heterocycles. The molecule has 0 amide bonds. The molecule has 0 aliphatic heterocycles. The predicted molar refractivity (Wildman–Crippen MR) is 197 cm³/mol. The highest BCUT2D eigenvalue weighted by atomic mass is 31.2. The first kappa shape index (κ1) is 46.8. The van der Waals surface area contributed by atoms with Crippen LogP contribution in [0, 0.1) is 0 Å². The van der Waals surface area contributed by atoms with E-state index in [1.807, 2.05) is 0 Å². The number of carbonyl (C=O) groups excluding carboxylic acids is 2. The molecule has 0 saturated heterocycles. The molecule has 0 aromatic rings. The molecule has 0 fully saturated rings. The van der Waals surface area contributed by atoms with Crippen molar-refractivity contribution >= 4 is 19.8 Å². The second-order valence-electron chi connectivity index (χ2n) is 13.2. The first-order valence-electron chi connectivity index (χ1n) is 19.7. The lowest BCUT2D eigenvalue weighted by Crippen LogP contribution is -2.29. The van der Waals surface area contributed by atoms with Crippen LogP contribution >= 0.6 is 7.82 Å². The predicted octanol–water partition coefficient (Wildman–Crippen LogP) is 10.7. The largest absolute Gasteiger partial charge is 0.472 e. The topological polar surface area (TPSA) is 134 Å². The van der Waals surface area contributed by atoms with Crippen molar-refractivity contribution in [2.45, 2.75) is 193 Å². The van der Waals surface area contributed by atoms with E-state index in [1.165, 1.54) is 109 Å². The highest BCUT2D eigenvalue weighted by Gasteiger charge is 2.25. The fourth-order valence-electron chi connectivity index (χ4n) is 5.45. The summed E-state index contributed by atoms with van der Waals surface area (Å²) in [7, 11) is -4.36. The summed E-state index contributed by atoms with van der Waals surface area (Å²) < 4.78 is 32.7. The van der Waals surface area contributed by atoms with Gasteiger partial charge in [0.05, 0.1) is 13.2 Å². The Morgan fingerprint density at radius 1 is 0.604 bits per heavy atom. The Hall–Kier alpha value is -1.25. The number of rotatable bonds is 37. The molecular formula is C38H74NO8P. The van der Waals surface area contributed by atoms with Gasteiger partial charge < -0.3 is 20.1 Å². The van der Waals surface area contributed by atoms with Crippen LogP contribution in [-0.4, -0.2) is 49.3 Å². The zero-order valence-electron chi connectivity index (χ0n) is 31.0. The van der Waals surface area contributed by atoms with Gasteiger partial charge in [-0.2, -0.15) is 0 Å². The van der Waals surface area contributed by atoms with E-state index >= 15 is 0 Å². The van der Waals surface area contributed by atoms with E-state index in [0.717, 1.165) is 44.9 Å². The summed E-state index contributed by atoms with van der Waals surface area (Å²) in [5.74, 6) is -0.828. The van der Waals surface area contributed by atoms with Gasteiger partial charge in [0, 0.05) is 19.4 Å². The maximum Gasteiger partial charge on any atom is 0.472 e. The number of phosphoric acid groups is 1. The minimum atomic E-state index is -4.36. The lowest BCUT2D eigenvalue weighted by Gasteiger charge is -2.19. The molecule has 0 spiro atoms. The highest BCUT2D eigenvalue weighted by molar-refractivity contribution is 7.47. The van der Waals surface area contributed by atoms with Crippen molar-refractivity contribution in [1.82, 2.24) is 0 Å². The van der Waals surface area contributed by atoms with Crippen molar-refractivity contribution in [1.29, 1.82) is 0 Å². The minimum Gasteiger partial charge on any atom is -0.462 e. The lowest BCUT2D eigenvalue weighted by molar-refractivity contribution is -0.161. The molecule has 3 N–H and O–H groups in total. The Morgan fingerprint density at radius 3 is 1.50 bits per heavy atom. The summed E-state index contributed by atoms with van der Waals surface area (Å²) in [6.07, 6.45) is 33.8. The van der Waals surface area contributed by atoms with E-state index in [4.69, 9.17) is 24.3 Å². The third-order valence-electron chi connectivity index (χ3n) is 8.40. The van der Waals surface area contributed by atoms with Gasteiger partial charge in [-0.05, 0) is 38.5 Å². The standard InChI is InChI=1S/C38H74NO8P/c1-3-5-7-9-11-13-15-17-18-19-21-22-24-26-28-30-37(40)44-34-36(35-46-48(42,43)45-33-32-39)47-38(41)31-29-27-25-23-20-16-14-12-10-8-6-4-2/h13,15,36H,3-12,14,16-35,39H2,1-2H3,(H,42,43)/b15-13-/t36-/m1/s1. The third-order valence-corrected chi connectivity index (χ3v) is 9.39. The van der Waals surface area contributed by atoms with Gasteiger partial charge in [0.1, 0.15) is 6.61 Å². The number of ether oxygens (including phenoxy) is 2. The first-order valence-corrected chi connectivity index (χ1v) is 21.2. The van der Waals surface area contributed by atoms with Crippen molar-refractivity contribution in [3.05, 3.63) is 12.2 Å². The van der Waals surface area contributed by atoms with Crippen molar-refractivity contribution in [2.24, 2.45) is 5.73 Å². The van der Waals surface area contributed by atoms with Crippen LogP contribution in [0.2, 0.25) is 0 Å². The van der Waals surface area contributed by atoms with E-state index in [0.29, 0.717) is 6.42 Å². The van der Waals surface area contributed by atoms with E-state index < -0.39 is 26.5 Å². The number of hydrogen-bond donors (Lipinski definition) is 2. The summed E-state index contributed by atoms with van der Waals surface area (Å²) in [6.45, 7) is 3.71. The number of phosphoric ester groups is 1. The third kappa shape index (κ3) is 34.6. The summed E-state index contributed by atoms with van der Waals surface area (Å²) in [5.41, 5.74) is 5.33. The zero-order chi connectivity index (χ0) is 35.4. The molecule has 0 aliphatic carbocycles. The van der Waals surface area contributed by atoms with E-state index in [1.54, 1.807) is 0 Å². The number of hydrogen-bond acceptors (Lipinski definition) is 8. The molecule has 48 heavy (non-hydrogen) atoms. The Bertz CT molecular complexity index is 810. The number of carbonyl (C=O) groups is 2. The van der Waals surface area contributed by atoms with E-state index in [9.17, 15) is 19.0 Å². The van der Waals surface area contributed by atoms with Crippen molar-refractivity contribution < 1.29 is 37.6 Å². The van der Waals surface area contributed by atoms with Crippen LogP contribution in [0.25, 0.3) is 0 Å². The summed E-state index contributed by atoms with van der Waals surface area (Å²) >= 11 is 0. The van der Waals surface area contributed by atoms with Crippen molar-refractivity contribution in [3.8, 4) is 0 Å². The van der Waals surface area contributed by atoms with Gasteiger partial charge in [0.15, 0.2) is 6.10 Å². The second kappa shape index (κ2) is 35.6. The number of allylic oxidation sites excluding steroid dienone is 2. The quantitative estimate of drug-likeness (QED) is 0.0280. The smallest absolute Gasteiger partial charge is 0.462 e. The average molecular weight is 704 g/mol. The molecule has 2 atom stereocenters. The molecule has 0 aliphatic rings. The molecule has 9 nitrogen and oxygen atoms in total. The fraction of sp³-hybridized carbons (Fsp3) is 0.895. The summed E-state index contributed by atoms with van der Waals surface area (Å²) in [6, 6.07) is 0. The molecule has 1 unspecified atom stereocenters. The number of unbranched alkanes of at least 4 members (excludes halogenated alkanes) is 22. The van der Waals surface area contributed by atoms with E-state index in [2.05, 4.69) is 26.0 Å². The monoisotopic (exact) mass is 704 g/mol. The summed E-state index contributed by atoms with van der Waals surface area (Å²) in [4.78, 5) is 34.7. The van der Waals surface area contributed by atoms with Crippen LogP contribution < -0.4 is 5.73 Å². The molecule has 0 radical (unpaired) electrons. The maximum atomic E-state index is 12.5. The van der Waals surface area contributed by atoms with Crippen LogP contribution in [0.4, 0.5) is 0 Å². The molecule has 10 heteroatoms. The Balaban J connectivity index is 4.18. The molecule has 0 rings (SSSR count).